The highest BCUT2D eigenvalue weighted by Gasteiger charge is 2.30. The van der Waals surface area contributed by atoms with Crippen LogP contribution in [0, 0.1) is 0 Å². The molecule has 0 radical (unpaired) electrons. The van der Waals surface area contributed by atoms with Crippen LogP contribution in [-0.4, -0.2) is 39.0 Å². The second kappa shape index (κ2) is 4.66. The molecule has 1 aliphatic rings. The first-order valence-electron chi connectivity index (χ1n) is 5.69. The van der Waals surface area contributed by atoms with E-state index in [-0.39, 0.29) is 0 Å². The number of hydrogen-bond acceptors (Lipinski definition) is 4. The van der Waals surface area contributed by atoms with Crippen molar-refractivity contribution < 1.29 is 0 Å². The van der Waals surface area contributed by atoms with Gasteiger partial charge in [-0.15, -0.1) is 0 Å². The molecular weight excluding hydrogens is 188 g/mol. The van der Waals surface area contributed by atoms with Gasteiger partial charge in [-0.25, -0.2) is 15.0 Å². The molecular formula is C11H18N4. The van der Waals surface area contributed by atoms with Gasteiger partial charge in [-0.3, -0.25) is 4.90 Å². The van der Waals surface area contributed by atoms with E-state index >= 15 is 0 Å². The van der Waals surface area contributed by atoms with E-state index in [1.165, 1.54) is 19.4 Å². The largest absolute Gasteiger partial charge is 0.300 e. The zero-order valence-electron chi connectivity index (χ0n) is 9.43. The van der Waals surface area contributed by atoms with E-state index in [0.717, 1.165) is 12.4 Å². The van der Waals surface area contributed by atoms with Crippen molar-refractivity contribution in [3.63, 3.8) is 0 Å². The van der Waals surface area contributed by atoms with Crippen LogP contribution < -0.4 is 0 Å². The number of aromatic nitrogens is 3. The summed E-state index contributed by atoms with van der Waals surface area (Å²) in [5, 5.41) is 0. The van der Waals surface area contributed by atoms with Gasteiger partial charge >= 0.3 is 0 Å². The molecule has 0 N–H and O–H groups in total. The molecule has 0 aromatic carbocycles. The second-order valence-corrected chi connectivity index (χ2v) is 4.12. The molecule has 0 aliphatic carbocycles. The fraction of sp³-hybridized carbons (Fsp3) is 0.727. The van der Waals surface area contributed by atoms with E-state index in [2.05, 4.69) is 33.7 Å². The van der Waals surface area contributed by atoms with Crippen LogP contribution in [0.1, 0.15) is 38.4 Å². The Balaban J connectivity index is 2.10. The molecule has 1 aliphatic heterocycles. The van der Waals surface area contributed by atoms with Crippen LogP contribution in [0.3, 0.4) is 0 Å². The monoisotopic (exact) mass is 206 g/mol. The minimum Gasteiger partial charge on any atom is -0.300 e. The standard InChI is InChI=1S/C11H18N4/c1-3-15-6-4-5-10(15)9(2)11-13-7-12-8-14-11/h7-10H,3-6H2,1-2H3. The lowest BCUT2D eigenvalue weighted by atomic mass is 9.99. The van der Waals surface area contributed by atoms with Gasteiger partial charge in [-0.1, -0.05) is 13.8 Å². The Bertz CT molecular complexity index is 301. The summed E-state index contributed by atoms with van der Waals surface area (Å²) < 4.78 is 0. The summed E-state index contributed by atoms with van der Waals surface area (Å²) in [6, 6.07) is 0.609. The lowest BCUT2D eigenvalue weighted by Gasteiger charge is -2.27. The van der Waals surface area contributed by atoms with E-state index in [1.54, 1.807) is 12.7 Å². The molecule has 1 aromatic heterocycles. The lowest BCUT2D eigenvalue weighted by molar-refractivity contribution is 0.237. The van der Waals surface area contributed by atoms with Crippen LogP contribution in [-0.2, 0) is 0 Å². The smallest absolute Gasteiger partial charge is 0.136 e. The lowest BCUT2D eigenvalue weighted by Crippen LogP contribution is -2.33. The fourth-order valence-corrected chi connectivity index (χ4v) is 2.47. The van der Waals surface area contributed by atoms with Crippen LogP contribution in [0.4, 0.5) is 0 Å². The Morgan fingerprint density at radius 2 is 2.20 bits per heavy atom. The maximum atomic E-state index is 4.24. The Hall–Kier alpha value is -1.03. The highest BCUT2D eigenvalue weighted by molar-refractivity contribution is 5.00. The Morgan fingerprint density at radius 1 is 1.47 bits per heavy atom. The van der Waals surface area contributed by atoms with E-state index in [9.17, 15) is 0 Å². The number of rotatable bonds is 3. The van der Waals surface area contributed by atoms with Gasteiger partial charge in [0.25, 0.3) is 0 Å². The molecule has 4 heteroatoms. The maximum Gasteiger partial charge on any atom is 0.136 e. The number of nitrogens with zero attached hydrogens (tertiary/aromatic N) is 4. The van der Waals surface area contributed by atoms with Crippen LogP contribution in [0.2, 0.25) is 0 Å². The molecule has 4 nitrogen and oxygen atoms in total. The van der Waals surface area contributed by atoms with E-state index < -0.39 is 0 Å². The Morgan fingerprint density at radius 3 is 2.87 bits per heavy atom. The van der Waals surface area contributed by atoms with Crippen molar-refractivity contribution in [2.45, 2.75) is 38.6 Å². The van der Waals surface area contributed by atoms with Crippen molar-refractivity contribution in [2.75, 3.05) is 13.1 Å². The van der Waals surface area contributed by atoms with Gasteiger partial charge in [0.2, 0.25) is 0 Å². The molecule has 0 saturated carbocycles. The predicted molar refractivity (Wildman–Crippen MR) is 58.5 cm³/mol. The minimum atomic E-state index is 0.412. The third-order valence-corrected chi connectivity index (χ3v) is 3.32. The average Bonchev–Trinajstić information content (AvgIpc) is 2.77. The highest BCUT2D eigenvalue weighted by Crippen LogP contribution is 2.28. The normalized spacial score (nSPS) is 24.3. The molecule has 2 atom stereocenters. The first-order chi connectivity index (χ1) is 7.33. The SMILES string of the molecule is CCN1CCCC1C(C)c1ncncn1. The molecule has 1 fully saturated rings. The minimum absolute atomic E-state index is 0.412. The summed E-state index contributed by atoms with van der Waals surface area (Å²) in [6.45, 7) is 6.78. The topological polar surface area (TPSA) is 41.9 Å². The van der Waals surface area contributed by atoms with Gasteiger partial charge in [0.1, 0.15) is 18.5 Å². The summed E-state index contributed by atoms with van der Waals surface area (Å²) >= 11 is 0. The summed E-state index contributed by atoms with van der Waals surface area (Å²) in [5.41, 5.74) is 0. The fourth-order valence-electron chi connectivity index (χ4n) is 2.47. The van der Waals surface area contributed by atoms with Crippen molar-refractivity contribution in [1.29, 1.82) is 0 Å². The van der Waals surface area contributed by atoms with Gasteiger partial charge in [0.05, 0.1) is 0 Å². The third-order valence-electron chi connectivity index (χ3n) is 3.32. The zero-order chi connectivity index (χ0) is 10.7. The molecule has 0 spiro atoms. The molecule has 82 valence electrons. The quantitative estimate of drug-likeness (QED) is 0.751. The van der Waals surface area contributed by atoms with Gasteiger partial charge in [0.15, 0.2) is 0 Å². The zero-order valence-corrected chi connectivity index (χ0v) is 9.43. The maximum absolute atomic E-state index is 4.24. The van der Waals surface area contributed by atoms with Crippen LogP contribution in [0.15, 0.2) is 12.7 Å². The van der Waals surface area contributed by atoms with Crippen molar-refractivity contribution in [1.82, 2.24) is 19.9 Å². The molecule has 1 aromatic rings. The first-order valence-corrected chi connectivity index (χ1v) is 5.69. The van der Waals surface area contributed by atoms with Crippen LogP contribution >= 0.6 is 0 Å². The van der Waals surface area contributed by atoms with Gasteiger partial charge in [0, 0.05) is 12.0 Å². The van der Waals surface area contributed by atoms with Crippen molar-refractivity contribution in [3.8, 4) is 0 Å². The summed E-state index contributed by atoms with van der Waals surface area (Å²) in [4.78, 5) is 14.9. The molecule has 2 unspecified atom stereocenters. The van der Waals surface area contributed by atoms with Crippen molar-refractivity contribution >= 4 is 0 Å². The van der Waals surface area contributed by atoms with Crippen molar-refractivity contribution in [3.05, 3.63) is 18.5 Å². The van der Waals surface area contributed by atoms with Gasteiger partial charge in [-0.05, 0) is 25.9 Å². The molecule has 0 bridgehead atoms. The molecule has 15 heavy (non-hydrogen) atoms. The Kier molecular flexibility index (Phi) is 3.26. The summed E-state index contributed by atoms with van der Waals surface area (Å²) in [7, 11) is 0. The van der Waals surface area contributed by atoms with Crippen molar-refractivity contribution in [2.24, 2.45) is 0 Å². The highest BCUT2D eigenvalue weighted by atomic mass is 15.2. The molecule has 2 heterocycles. The third kappa shape index (κ3) is 2.15. The number of likely N-dealkylation sites (tertiary alicyclic amines) is 1. The predicted octanol–water partition coefficient (Wildman–Crippen LogP) is 1.46. The number of likely N-dealkylation sites (N-methyl/N-ethyl adjacent to an activating group) is 1. The van der Waals surface area contributed by atoms with E-state index in [4.69, 9.17) is 0 Å². The van der Waals surface area contributed by atoms with Crippen LogP contribution in [0.25, 0.3) is 0 Å². The second-order valence-electron chi connectivity index (χ2n) is 4.12. The number of hydrogen-bond donors (Lipinski definition) is 0. The van der Waals surface area contributed by atoms with E-state index in [1.807, 2.05) is 0 Å². The molecule has 2 rings (SSSR count). The Labute approximate surface area is 90.8 Å². The first kappa shape index (κ1) is 10.5. The van der Waals surface area contributed by atoms with Gasteiger partial charge in [-0.2, -0.15) is 0 Å². The molecule has 0 amide bonds. The average molecular weight is 206 g/mol. The van der Waals surface area contributed by atoms with Crippen LogP contribution in [0.5, 0.6) is 0 Å². The van der Waals surface area contributed by atoms with E-state index in [0.29, 0.717) is 12.0 Å². The van der Waals surface area contributed by atoms with Gasteiger partial charge < -0.3 is 0 Å². The molecule has 1 saturated heterocycles. The summed E-state index contributed by atoms with van der Waals surface area (Å²) in [6.07, 6.45) is 5.74. The summed E-state index contributed by atoms with van der Waals surface area (Å²) in [5.74, 6) is 1.34.